The molecule has 0 atom stereocenters. The molecule has 3 aliphatic rings. The van der Waals surface area contributed by atoms with Crippen molar-refractivity contribution < 1.29 is 9.53 Å². The van der Waals surface area contributed by atoms with Gasteiger partial charge in [-0.2, -0.15) is 0 Å². The van der Waals surface area contributed by atoms with Crippen molar-refractivity contribution in [2.75, 3.05) is 31.2 Å². The van der Waals surface area contributed by atoms with E-state index in [1.807, 2.05) is 0 Å². The fourth-order valence-electron chi connectivity index (χ4n) is 6.26. The maximum atomic E-state index is 13.3. The minimum Gasteiger partial charge on any atom is -0.381 e. The fourth-order valence-corrected chi connectivity index (χ4v) is 7.25. The standard InChI is InChI=1S/C31H45N3O2S/c1-31(2,3)25-21-23(12-13-27(25)34-16-8-5-9-17-34)28-26(20-22-10-6-4-7-11-22)33-30(37-28)29(35)32-24-14-18-36-19-15-24/h12-13,21-22,24H,4-11,14-20H2,1-3H3,(H,32,35). The van der Waals surface area contributed by atoms with Crippen molar-refractivity contribution in [2.45, 2.75) is 103 Å². The summed E-state index contributed by atoms with van der Waals surface area (Å²) in [5.41, 5.74) is 5.17. The number of carbonyl (C=O) groups excluding carboxylic acids is 1. The smallest absolute Gasteiger partial charge is 0.280 e. The number of nitrogens with one attached hydrogen (secondary N) is 1. The Labute approximate surface area is 227 Å². The average molecular weight is 524 g/mol. The molecule has 1 aromatic heterocycles. The van der Waals surface area contributed by atoms with Gasteiger partial charge in [0.05, 0.1) is 10.6 Å². The van der Waals surface area contributed by atoms with Crippen molar-refractivity contribution in [1.29, 1.82) is 0 Å². The first-order valence-corrected chi connectivity index (χ1v) is 15.5. The largest absolute Gasteiger partial charge is 0.381 e. The number of amides is 1. The predicted molar refractivity (Wildman–Crippen MR) is 154 cm³/mol. The van der Waals surface area contributed by atoms with Crippen molar-refractivity contribution >= 4 is 22.9 Å². The number of benzene rings is 1. The lowest BCUT2D eigenvalue weighted by molar-refractivity contribution is 0.0696. The number of anilines is 1. The van der Waals surface area contributed by atoms with Gasteiger partial charge in [0.15, 0.2) is 5.01 Å². The van der Waals surface area contributed by atoms with Gasteiger partial charge < -0.3 is 15.0 Å². The third-order valence-electron chi connectivity index (χ3n) is 8.42. The molecule has 1 N–H and O–H groups in total. The maximum Gasteiger partial charge on any atom is 0.280 e. The summed E-state index contributed by atoms with van der Waals surface area (Å²) in [6, 6.07) is 7.22. The highest BCUT2D eigenvalue weighted by atomic mass is 32.1. The van der Waals surface area contributed by atoms with Crippen molar-refractivity contribution in [3.63, 3.8) is 0 Å². The first kappa shape index (κ1) is 26.7. The summed E-state index contributed by atoms with van der Waals surface area (Å²) in [5.74, 6) is 0.657. The molecule has 0 radical (unpaired) electrons. The summed E-state index contributed by atoms with van der Waals surface area (Å²) in [6.45, 7) is 10.7. The third kappa shape index (κ3) is 6.57. The Kier molecular flexibility index (Phi) is 8.55. The van der Waals surface area contributed by atoms with Gasteiger partial charge in [-0.3, -0.25) is 4.79 Å². The second-order valence-electron chi connectivity index (χ2n) is 12.4. The van der Waals surface area contributed by atoms with Crippen LogP contribution in [0, 0.1) is 5.92 Å². The van der Waals surface area contributed by atoms with Crippen molar-refractivity contribution in [3.8, 4) is 10.4 Å². The van der Waals surface area contributed by atoms with E-state index in [0.29, 0.717) is 10.9 Å². The van der Waals surface area contributed by atoms with Gasteiger partial charge >= 0.3 is 0 Å². The lowest BCUT2D eigenvalue weighted by Crippen LogP contribution is -2.38. The number of nitrogens with zero attached hydrogens (tertiary/aromatic N) is 2. The Morgan fingerprint density at radius 3 is 2.43 bits per heavy atom. The maximum absolute atomic E-state index is 13.3. The van der Waals surface area contributed by atoms with E-state index in [4.69, 9.17) is 9.72 Å². The zero-order chi connectivity index (χ0) is 25.8. The van der Waals surface area contributed by atoms with E-state index in [2.05, 4.69) is 49.2 Å². The monoisotopic (exact) mass is 523 g/mol. The van der Waals surface area contributed by atoms with E-state index < -0.39 is 0 Å². The van der Waals surface area contributed by atoms with Gasteiger partial charge in [-0.05, 0) is 73.1 Å². The van der Waals surface area contributed by atoms with Crippen LogP contribution in [0.4, 0.5) is 5.69 Å². The molecule has 5 nitrogen and oxygen atoms in total. The molecule has 202 valence electrons. The second kappa shape index (κ2) is 11.9. The Morgan fingerprint density at radius 1 is 1.03 bits per heavy atom. The zero-order valence-corrected chi connectivity index (χ0v) is 23.9. The molecule has 0 bridgehead atoms. The van der Waals surface area contributed by atoms with Crippen LogP contribution in [0.5, 0.6) is 0 Å². The highest BCUT2D eigenvalue weighted by Gasteiger charge is 2.27. The molecule has 2 saturated heterocycles. The summed E-state index contributed by atoms with van der Waals surface area (Å²) in [6.07, 6.45) is 13.2. The van der Waals surface area contributed by atoms with Gasteiger partial charge in [-0.15, -0.1) is 11.3 Å². The molecular formula is C31H45N3O2S. The number of aromatic nitrogens is 1. The molecule has 5 rings (SSSR count). The number of piperidine rings is 1. The first-order valence-electron chi connectivity index (χ1n) is 14.7. The van der Waals surface area contributed by atoms with Crippen LogP contribution in [0.3, 0.4) is 0 Å². The Balaban J connectivity index is 1.48. The minimum absolute atomic E-state index is 0.0194. The molecule has 3 heterocycles. The van der Waals surface area contributed by atoms with Gasteiger partial charge in [0.1, 0.15) is 0 Å². The molecule has 0 unspecified atom stereocenters. The van der Waals surface area contributed by atoms with E-state index in [0.717, 1.165) is 51.3 Å². The molecule has 37 heavy (non-hydrogen) atoms. The van der Waals surface area contributed by atoms with Gasteiger partial charge in [0.2, 0.25) is 0 Å². The summed E-state index contributed by atoms with van der Waals surface area (Å²) < 4.78 is 5.48. The molecule has 2 aliphatic heterocycles. The summed E-state index contributed by atoms with van der Waals surface area (Å²) in [7, 11) is 0. The number of ether oxygens (including phenoxy) is 1. The normalized spacial score (nSPS) is 20.2. The molecule has 1 aromatic carbocycles. The summed E-state index contributed by atoms with van der Waals surface area (Å²) >= 11 is 1.59. The SMILES string of the molecule is CC(C)(C)c1cc(-c2sc(C(=O)NC3CCOCC3)nc2CC2CCCCC2)ccc1N1CCCCC1. The number of hydrogen-bond acceptors (Lipinski definition) is 5. The first-order chi connectivity index (χ1) is 17.9. The van der Waals surface area contributed by atoms with Crippen LogP contribution in [-0.2, 0) is 16.6 Å². The van der Waals surface area contributed by atoms with Crippen LogP contribution >= 0.6 is 11.3 Å². The van der Waals surface area contributed by atoms with Gasteiger partial charge in [-0.25, -0.2) is 4.98 Å². The number of rotatable bonds is 6. The van der Waals surface area contributed by atoms with Crippen molar-refractivity contribution in [3.05, 3.63) is 34.5 Å². The third-order valence-corrected chi connectivity index (χ3v) is 9.56. The number of carbonyl (C=O) groups is 1. The molecule has 6 heteroatoms. The molecular weight excluding hydrogens is 478 g/mol. The summed E-state index contributed by atoms with van der Waals surface area (Å²) in [4.78, 5) is 22.1. The molecule has 1 amide bonds. The van der Waals surface area contributed by atoms with Gasteiger partial charge in [0.25, 0.3) is 5.91 Å². The van der Waals surface area contributed by atoms with E-state index in [1.54, 1.807) is 11.3 Å². The molecule has 3 fully saturated rings. The molecule has 1 saturated carbocycles. The van der Waals surface area contributed by atoms with Crippen LogP contribution in [0.2, 0.25) is 0 Å². The molecule has 1 aliphatic carbocycles. The van der Waals surface area contributed by atoms with E-state index >= 15 is 0 Å². The average Bonchev–Trinajstić information content (AvgIpc) is 3.33. The molecule has 2 aromatic rings. The van der Waals surface area contributed by atoms with Crippen LogP contribution in [-0.4, -0.2) is 43.2 Å². The zero-order valence-electron chi connectivity index (χ0n) is 23.1. The minimum atomic E-state index is -0.0194. The van der Waals surface area contributed by atoms with Crippen LogP contribution in [0.15, 0.2) is 18.2 Å². The lowest BCUT2D eigenvalue weighted by atomic mass is 9.83. The Bertz CT molecular complexity index is 1050. The predicted octanol–water partition coefficient (Wildman–Crippen LogP) is 7.13. The van der Waals surface area contributed by atoms with Gasteiger partial charge in [-0.1, -0.05) is 58.9 Å². The fraction of sp³-hybridized carbons (Fsp3) is 0.677. The number of hydrogen-bond donors (Lipinski definition) is 1. The van der Waals surface area contributed by atoms with E-state index in [9.17, 15) is 4.79 Å². The van der Waals surface area contributed by atoms with Crippen LogP contribution in [0.25, 0.3) is 10.4 Å². The topological polar surface area (TPSA) is 54.5 Å². The lowest BCUT2D eigenvalue weighted by Gasteiger charge is -2.34. The highest BCUT2D eigenvalue weighted by Crippen LogP contribution is 2.40. The van der Waals surface area contributed by atoms with E-state index in [-0.39, 0.29) is 17.4 Å². The second-order valence-corrected chi connectivity index (χ2v) is 13.4. The Hall–Kier alpha value is -1.92. The quantitative estimate of drug-likeness (QED) is 0.438. The van der Waals surface area contributed by atoms with Gasteiger partial charge in [0, 0.05) is 38.0 Å². The number of thiazole rings is 1. The van der Waals surface area contributed by atoms with Crippen LogP contribution < -0.4 is 10.2 Å². The van der Waals surface area contributed by atoms with E-state index in [1.165, 1.54) is 73.1 Å². The molecule has 0 spiro atoms. The van der Waals surface area contributed by atoms with Crippen LogP contribution in [0.1, 0.15) is 106 Å². The highest BCUT2D eigenvalue weighted by molar-refractivity contribution is 7.17. The van der Waals surface area contributed by atoms with Crippen molar-refractivity contribution in [2.24, 2.45) is 5.92 Å². The van der Waals surface area contributed by atoms with Crippen molar-refractivity contribution in [1.82, 2.24) is 10.3 Å². The summed E-state index contributed by atoms with van der Waals surface area (Å²) in [5, 5.41) is 3.86. The Morgan fingerprint density at radius 2 is 1.73 bits per heavy atom.